The van der Waals surface area contributed by atoms with Crippen LogP contribution in [0.4, 0.5) is 0 Å². The third-order valence-electron chi connectivity index (χ3n) is 3.20. The molecule has 3 N–H and O–H groups in total. The number of methoxy groups -OCH3 is 1. The van der Waals surface area contributed by atoms with E-state index in [9.17, 15) is 4.79 Å². The van der Waals surface area contributed by atoms with E-state index in [0.717, 1.165) is 11.3 Å². The maximum absolute atomic E-state index is 11.8. The predicted molar refractivity (Wildman–Crippen MR) is 84.5 cm³/mol. The predicted octanol–water partition coefficient (Wildman–Crippen LogP) is 2.32. The molecule has 0 aliphatic rings. The van der Waals surface area contributed by atoms with E-state index < -0.39 is 0 Å². The highest BCUT2D eigenvalue weighted by Crippen LogP contribution is 2.22. The van der Waals surface area contributed by atoms with Gasteiger partial charge in [0.2, 0.25) is 5.91 Å². The average Bonchev–Trinajstić information content (AvgIpc) is 2.44. The Hall–Kier alpha value is -1.26. The number of nitrogens with two attached hydrogens (primary N) is 1. The van der Waals surface area contributed by atoms with Crippen LogP contribution in [0, 0.1) is 5.92 Å². The molecule has 2 unspecified atom stereocenters. The van der Waals surface area contributed by atoms with Crippen LogP contribution in [0.15, 0.2) is 24.3 Å². The molecule has 1 aromatic carbocycles. The van der Waals surface area contributed by atoms with Crippen molar-refractivity contribution >= 4 is 18.3 Å². The Balaban J connectivity index is 0.00000361. The second-order valence-corrected chi connectivity index (χ2v) is 5.03. The van der Waals surface area contributed by atoms with Crippen molar-refractivity contribution in [2.75, 3.05) is 20.2 Å². The number of nitrogens with one attached hydrogen (secondary N) is 1. The monoisotopic (exact) mass is 300 g/mol. The van der Waals surface area contributed by atoms with Crippen LogP contribution in [0.3, 0.4) is 0 Å². The molecule has 4 nitrogen and oxygen atoms in total. The fourth-order valence-electron chi connectivity index (χ4n) is 1.79. The smallest absolute Gasteiger partial charge is 0.220 e. The van der Waals surface area contributed by atoms with Crippen LogP contribution in [0.25, 0.3) is 0 Å². The van der Waals surface area contributed by atoms with Gasteiger partial charge < -0.3 is 15.8 Å². The third-order valence-corrected chi connectivity index (χ3v) is 3.20. The maximum atomic E-state index is 11.8. The van der Waals surface area contributed by atoms with E-state index in [2.05, 4.69) is 5.32 Å². The SMILES string of the molecule is COc1cccc(C(C)CC(=O)NCC(C)CN)c1.Cl. The molecule has 0 bridgehead atoms. The summed E-state index contributed by atoms with van der Waals surface area (Å²) in [6.45, 7) is 5.29. The summed E-state index contributed by atoms with van der Waals surface area (Å²) in [5.41, 5.74) is 6.63. The van der Waals surface area contributed by atoms with Gasteiger partial charge in [0.15, 0.2) is 0 Å². The Morgan fingerprint density at radius 2 is 2.10 bits per heavy atom. The first-order valence-corrected chi connectivity index (χ1v) is 6.67. The highest BCUT2D eigenvalue weighted by atomic mass is 35.5. The van der Waals surface area contributed by atoms with Crippen LogP contribution in [-0.2, 0) is 4.79 Å². The molecule has 0 radical (unpaired) electrons. The lowest BCUT2D eigenvalue weighted by atomic mass is 9.97. The minimum atomic E-state index is 0. The number of ether oxygens (including phenoxy) is 1. The Bertz CT molecular complexity index is 413. The van der Waals surface area contributed by atoms with E-state index in [1.54, 1.807) is 7.11 Å². The van der Waals surface area contributed by atoms with Crippen LogP contribution in [0.2, 0.25) is 0 Å². The van der Waals surface area contributed by atoms with Crippen molar-refractivity contribution in [1.82, 2.24) is 5.32 Å². The highest BCUT2D eigenvalue weighted by Gasteiger charge is 2.12. The molecule has 0 aliphatic heterocycles. The minimum Gasteiger partial charge on any atom is -0.497 e. The topological polar surface area (TPSA) is 64.3 Å². The van der Waals surface area contributed by atoms with Crippen molar-refractivity contribution in [2.45, 2.75) is 26.2 Å². The van der Waals surface area contributed by atoms with E-state index in [1.165, 1.54) is 0 Å². The van der Waals surface area contributed by atoms with E-state index in [1.807, 2.05) is 38.1 Å². The van der Waals surface area contributed by atoms with Crippen molar-refractivity contribution < 1.29 is 9.53 Å². The molecule has 0 aromatic heterocycles. The normalized spacial score (nSPS) is 13.0. The van der Waals surface area contributed by atoms with E-state index in [4.69, 9.17) is 10.5 Å². The van der Waals surface area contributed by atoms with Crippen LogP contribution in [-0.4, -0.2) is 26.1 Å². The van der Waals surface area contributed by atoms with Crippen molar-refractivity contribution in [1.29, 1.82) is 0 Å². The molecular formula is C15H25ClN2O2. The first kappa shape index (κ1) is 18.7. The average molecular weight is 301 g/mol. The van der Waals surface area contributed by atoms with Crippen LogP contribution in [0.5, 0.6) is 5.75 Å². The molecule has 5 heteroatoms. The molecule has 114 valence electrons. The summed E-state index contributed by atoms with van der Waals surface area (Å²) in [7, 11) is 1.64. The molecule has 0 spiro atoms. The summed E-state index contributed by atoms with van der Waals surface area (Å²) in [6, 6.07) is 7.84. The molecule has 1 aromatic rings. The van der Waals surface area contributed by atoms with Crippen LogP contribution >= 0.6 is 12.4 Å². The second-order valence-electron chi connectivity index (χ2n) is 5.03. The Morgan fingerprint density at radius 1 is 1.40 bits per heavy atom. The van der Waals surface area contributed by atoms with Gasteiger partial charge in [-0.1, -0.05) is 26.0 Å². The van der Waals surface area contributed by atoms with Crippen molar-refractivity contribution in [2.24, 2.45) is 11.7 Å². The number of hydrogen-bond acceptors (Lipinski definition) is 3. The Kier molecular flexibility index (Phi) is 9.01. The van der Waals surface area contributed by atoms with Crippen molar-refractivity contribution in [3.63, 3.8) is 0 Å². The Labute approximate surface area is 127 Å². The maximum Gasteiger partial charge on any atom is 0.220 e. The van der Waals surface area contributed by atoms with Gasteiger partial charge in [-0.25, -0.2) is 0 Å². The molecular weight excluding hydrogens is 276 g/mol. The number of rotatable bonds is 7. The van der Waals surface area contributed by atoms with E-state index >= 15 is 0 Å². The lowest BCUT2D eigenvalue weighted by molar-refractivity contribution is -0.121. The number of amides is 1. The molecule has 1 rings (SSSR count). The summed E-state index contributed by atoms with van der Waals surface area (Å²) in [6.07, 6.45) is 0.477. The van der Waals surface area contributed by atoms with Crippen LogP contribution < -0.4 is 15.8 Å². The van der Waals surface area contributed by atoms with Crippen molar-refractivity contribution in [3.05, 3.63) is 29.8 Å². The first-order valence-electron chi connectivity index (χ1n) is 6.67. The first-order chi connectivity index (χ1) is 9.06. The van der Waals surface area contributed by atoms with Gasteiger partial charge in [-0.05, 0) is 36.1 Å². The zero-order valence-corrected chi connectivity index (χ0v) is 13.2. The molecule has 0 saturated carbocycles. The number of benzene rings is 1. The highest BCUT2D eigenvalue weighted by molar-refractivity contribution is 5.85. The molecule has 20 heavy (non-hydrogen) atoms. The quantitative estimate of drug-likeness (QED) is 0.812. The largest absolute Gasteiger partial charge is 0.497 e. The Morgan fingerprint density at radius 3 is 2.70 bits per heavy atom. The molecule has 2 atom stereocenters. The molecule has 0 aliphatic carbocycles. The molecule has 0 fully saturated rings. The zero-order valence-electron chi connectivity index (χ0n) is 12.4. The second kappa shape index (κ2) is 9.61. The van der Waals surface area contributed by atoms with Crippen molar-refractivity contribution in [3.8, 4) is 5.75 Å². The number of halogens is 1. The summed E-state index contributed by atoms with van der Waals surface area (Å²) in [4.78, 5) is 11.8. The standard InChI is InChI=1S/C15H24N2O2.ClH/c1-11(9-16)10-17-15(18)7-12(2)13-5-4-6-14(8-13)19-3;/h4-6,8,11-12H,7,9-10,16H2,1-3H3,(H,17,18);1H. The van der Waals surface area contributed by atoms with Gasteiger partial charge in [0.05, 0.1) is 7.11 Å². The molecule has 0 saturated heterocycles. The summed E-state index contributed by atoms with van der Waals surface area (Å²) in [5.74, 6) is 1.37. The van der Waals surface area contributed by atoms with Gasteiger partial charge in [0.25, 0.3) is 0 Å². The van der Waals surface area contributed by atoms with E-state index in [-0.39, 0.29) is 24.2 Å². The third kappa shape index (κ3) is 6.26. The fourth-order valence-corrected chi connectivity index (χ4v) is 1.79. The van der Waals surface area contributed by atoms with Gasteiger partial charge in [-0.3, -0.25) is 4.79 Å². The number of carbonyl (C=O) groups excluding carboxylic acids is 1. The summed E-state index contributed by atoms with van der Waals surface area (Å²) >= 11 is 0. The lowest BCUT2D eigenvalue weighted by Gasteiger charge is -2.14. The number of carbonyl (C=O) groups is 1. The van der Waals surface area contributed by atoms with E-state index in [0.29, 0.717) is 25.4 Å². The molecule has 0 heterocycles. The fraction of sp³-hybridized carbons (Fsp3) is 0.533. The van der Waals surface area contributed by atoms with Gasteiger partial charge in [0, 0.05) is 13.0 Å². The van der Waals surface area contributed by atoms with Gasteiger partial charge >= 0.3 is 0 Å². The summed E-state index contributed by atoms with van der Waals surface area (Å²) in [5, 5.41) is 2.91. The number of hydrogen-bond donors (Lipinski definition) is 2. The zero-order chi connectivity index (χ0) is 14.3. The lowest BCUT2D eigenvalue weighted by Crippen LogP contribution is -2.31. The molecule has 1 amide bonds. The van der Waals surface area contributed by atoms with Gasteiger partial charge in [-0.2, -0.15) is 0 Å². The van der Waals surface area contributed by atoms with Crippen LogP contribution in [0.1, 0.15) is 31.7 Å². The van der Waals surface area contributed by atoms with Gasteiger partial charge in [0.1, 0.15) is 5.75 Å². The summed E-state index contributed by atoms with van der Waals surface area (Å²) < 4.78 is 5.19. The minimum absolute atomic E-state index is 0. The van der Waals surface area contributed by atoms with Gasteiger partial charge in [-0.15, -0.1) is 12.4 Å².